The fourth-order valence-electron chi connectivity index (χ4n) is 1.72. The van der Waals surface area contributed by atoms with Gasteiger partial charge >= 0.3 is 0 Å². The molecule has 0 bridgehead atoms. The summed E-state index contributed by atoms with van der Waals surface area (Å²) < 4.78 is 18.3. The first-order valence-corrected chi connectivity index (χ1v) is 7.03. The van der Waals surface area contributed by atoms with E-state index in [9.17, 15) is 4.39 Å². The third-order valence-electron chi connectivity index (χ3n) is 2.64. The largest absolute Gasteiger partial charge is 0.492 e. The Hall–Kier alpha value is -1.90. The van der Waals surface area contributed by atoms with Crippen LogP contribution in [0.5, 0.6) is 5.75 Å². The van der Waals surface area contributed by atoms with Gasteiger partial charge < -0.3 is 4.74 Å². The molecule has 0 aliphatic rings. The van der Waals surface area contributed by atoms with Gasteiger partial charge in [0.1, 0.15) is 11.6 Å². The lowest BCUT2D eigenvalue weighted by molar-refractivity contribution is 0.309. The van der Waals surface area contributed by atoms with Crippen LogP contribution >= 0.6 is 0 Å². The number of pyridine rings is 1. The van der Waals surface area contributed by atoms with Crippen molar-refractivity contribution in [2.75, 3.05) is 6.61 Å². The van der Waals surface area contributed by atoms with Crippen molar-refractivity contribution >= 4 is 0 Å². The highest BCUT2D eigenvalue weighted by Crippen LogP contribution is 2.11. The van der Waals surface area contributed by atoms with Gasteiger partial charge in [-0.1, -0.05) is 26.0 Å². The van der Waals surface area contributed by atoms with Gasteiger partial charge in [0, 0.05) is 6.20 Å². The fraction of sp³-hybridized carbons (Fsp3) is 0.353. The molecule has 0 N–H and O–H groups in total. The van der Waals surface area contributed by atoms with Crippen LogP contribution in [0, 0.1) is 12.7 Å². The Morgan fingerprint density at radius 2 is 1.80 bits per heavy atom. The summed E-state index contributed by atoms with van der Waals surface area (Å²) in [6.07, 6.45) is 5.30. The van der Waals surface area contributed by atoms with Gasteiger partial charge in [0.15, 0.2) is 0 Å². The summed E-state index contributed by atoms with van der Waals surface area (Å²) in [4.78, 5) is 4.06. The summed E-state index contributed by atoms with van der Waals surface area (Å²) in [7, 11) is 0. The van der Waals surface area contributed by atoms with Gasteiger partial charge in [0.2, 0.25) is 0 Å². The van der Waals surface area contributed by atoms with Crippen LogP contribution in [0.4, 0.5) is 4.39 Å². The third kappa shape index (κ3) is 5.83. The molecule has 20 heavy (non-hydrogen) atoms. The molecule has 0 amide bonds. The van der Waals surface area contributed by atoms with Crippen molar-refractivity contribution in [2.24, 2.45) is 0 Å². The number of nitrogens with zero attached hydrogens (tertiary/aromatic N) is 1. The number of ether oxygens (including phenoxy) is 1. The molecule has 108 valence electrons. The lowest BCUT2D eigenvalue weighted by atomic mass is 10.1. The number of aryl methyl sites for hydroxylation is 2. The van der Waals surface area contributed by atoms with Crippen LogP contribution in [0.3, 0.4) is 0 Å². The molecule has 0 unspecified atom stereocenters. The monoisotopic (exact) mass is 275 g/mol. The molecule has 0 radical (unpaired) electrons. The first kappa shape index (κ1) is 16.2. The zero-order valence-electron chi connectivity index (χ0n) is 12.4. The standard InChI is InChI=1S/C15H16FNO.C2H6/c1-12-9-15(11-17-10-12)18-8-2-3-13-4-6-14(16)7-5-13;1-2/h4-7,9-11H,2-3,8H2,1H3;1-2H3. The van der Waals surface area contributed by atoms with Gasteiger partial charge in [-0.15, -0.1) is 0 Å². The smallest absolute Gasteiger partial charge is 0.137 e. The summed E-state index contributed by atoms with van der Waals surface area (Å²) in [6.45, 7) is 6.63. The first-order chi connectivity index (χ1) is 9.74. The van der Waals surface area contributed by atoms with Crippen molar-refractivity contribution in [2.45, 2.75) is 33.6 Å². The van der Waals surface area contributed by atoms with Crippen LogP contribution in [0.2, 0.25) is 0 Å². The minimum Gasteiger partial charge on any atom is -0.492 e. The van der Waals surface area contributed by atoms with Crippen molar-refractivity contribution in [3.8, 4) is 5.75 Å². The summed E-state index contributed by atoms with van der Waals surface area (Å²) in [5.41, 5.74) is 2.22. The molecular weight excluding hydrogens is 253 g/mol. The molecule has 2 aromatic rings. The highest BCUT2D eigenvalue weighted by atomic mass is 19.1. The van der Waals surface area contributed by atoms with E-state index in [-0.39, 0.29) is 5.82 Å². The van der Waals surface area contributed by atoms with E-state index in [4.69, 9.17) is 4.74 Å². The molecule has 2 nitrogen and oxygen atoms in total. The van der Waals surface area contributed by atoms with E-state index in [2.05, 4.69) is 4.98 Å². The van der Waals surface area contributed by atoms with Gasteiger partial charge in [-0.3, -0.25) is 4.98 Å². The van der Waals surface area contributed by atoms with E-state index in [1.807, 2.05) is 39.0 Å². The Labute approximate surface area is 120 Å². The molecule has 0 aliphatic heterocycles. The summed E-state index contributed by atoms with van der Waals surface area (Å²) >= 11 is 0. The molecule has 0 fully saturated rings. The molecule has 0 saturated heterocycles. The van der Waals surface area contributed by atoms with Crippen molar-refractivity contribution in [3.63, 3.8) is 0 Å². The molecule has 1 aromatic carbocycles. The number of halogens is 1. The van der Waals surface area contributed by atoms with Crippen LogP contribution in [0.1, 0.15) is 31.4 Å². The van der Waals surface area contributed by atoms with Crippen molar-refractivity contribution < 1.29 is 9.13 Å². The Morgan fingerprint density at radius 1 is 1.10 bits per heavy atom. The van der Waals surface area contributed by atoms with E-state index < -0.39 is 0 Å². The normalized spacial score (nSPS) is 9.60. The molecular formula is C17H22FNO. The van der Waals surface area contributed by atoms with Crippen molar-refractivity contribution in [1.29, 1.82) is 0 Å². The highest BCUT2D eigenvalue weighted by molar-refractivity contribution is 5.22. The average Bonchev–Trinajstić information content (AvgIpc) is 2.48. The maximum Gasteiger partial charge on any atom is 0.137 e. The predicted molar refractivity (Wildman–Crippen MR) is 80.5 cm³/mol. The molecule has 0 atom stereocenters. The zero-order chi connectivity index (χ0) is 14.8. The summed E-state index contributed by atoms with van der Waals surface area (Å²) in [5, 5.41) is 0. The van der Waals surface area contributed by atoms with Crippen LogP contribution in [0.25, 0.3) is 0 Å². The Bertz CT molecular complexity index is 497. The average molecular weight is 275 g/mol. The summed E-state index contributed by atoms with van der Waals surface area (Å²) in [5.74, 6) is 0.606. The van der Waals surface area contributed by atoms with Gasteiger partial charge in [-0.2, -0.15) is 0 Å². The van der Waals surface area contributed by atoms with E-state index in [0.29, 0.717) is 6.61 Å². The third-order valence-corrected chi connectivity index (χ3v) is 2.64. The van der Waals surface area contributed by atoms with E-state index in [1.165, 1.54) is 12.1 Å². The van der Waals surface area contributed by atoms with Crippen molar-refractivity contribution in [3.05, 3.63) is 59.7 Å². The minimum absolute atomic E-state index is 0.194. The quantitative estimate of drug-likeness (QED) is 0.746. The van der Waals surface area contributed by atoms with Gasteiger partial charge in [-0.05, 0) is 49.1 Å². The van der Waals surface area contributed by atoms with Gasteiger partial charge in [0.25, 0.3) is 0 Å². The van der Waals surface area contributed by atoms with Crippen molar-refractivity contribution in [1.82, 2.24) is 4.98 Å². The van der Waals surface area contributed by atoms with Crippen LogP contribution < -0.4 is 4.74 Å². The lowest BCUT2D eigenvalue weighted by Gasteiger charge is -2.06. The van der Waals surface area contributed by atoms with E-state index in [1.54, 1.807) is 12.4 Å². The minimum atomic E-state index is -0.194. The molecule has 0 aliphatic carbocycles. The second kappa shape index (κ2) is 9.08. The Morgan fingerprint density at radius 3 is 2.45 bits per heavy atom. The molecule has 1 heterocycles. The number of hydrogen-bond donors (Lipinski definition) is 0. The Balaban J connectivity index is 0.000000956. The molecule has 2 rings (SSSR count). The maximum atomic E-state index is 12.7. The van der Waals surface area contributed by atoms with E-state index in [0.717, 1.165) is 29.7 Å². The second-order valence-corrected chi connectivity index (χ2v) is 4.28. The summed E-state index contributed by atoms with van der Waals surface area (Å²) in [6, 6.07) is 8.55. The number of benzene rings is 1. The molecule has 3 heteroatoms. The molecule has 0 saturated carbocycles. The number of rotatable bonds is 5. The first-order valence-electron chi connectivity index (χ1n) is 7.03. The van der Waals surface area contributed by atoms with Gasteiger partial charge in [0.05, 0.1) is 12.8 Å². The number of aromatic nitrogens is 1. The number of hydrogen-bond acceptors (Lipinski definition) is 2. The highest BCUT2D eigenvalue weighted by Gasteiger charge is 1.97. The molecule has 1 aromatic heterocycles. The molecule has 0 spiro atoms. The zero-order valence-corrected chi connectivity index (χ0v) is 12.4. The fourth-order valence-corrected chi connectivity index (χ4v) is 1.72. The second-order valence-electron chi connectivity index (χ2n) is 4.28. The SMILES string of the molecule is CC.Cc1cncc(OCCCc2ccc(F)cc2)c1. The lowest BCUT2D eigenvalue weighted by Crippen LogP contribution is -2.00. The van der Waals surface area contributed by atoms with Crippen LogP contribution in [-0.2, 0) is 6.42 Å². The maximum absolute atomic E-state index is 12.7. The van der Waals surface area contributed by atoms with Gasteiger partial charge in [-0.25, -0.2) is 4.39 Å². The topological polar surface area (TPSA) is 22.1 Å². The predicted octanol–water partition coefficient (Wildman–Crippen LogP) is 4.57. The van der Waals surface area contributed by atoms with Crippen LogP contribution in [0.15, 0.2) is 42.7 Å². The Kier molecular flexibility index (Phi) is 7.33. The van der Waals surface area contributed by atoms with E-state index >= 15 is 0 Å². The van der Waals surface area contributed by atoms with Crippen LogP contribution in [-0.4, -0.2) is 11.6 Å².